The molecule has 2 aromatic rings. The van der Waals surface area contributed by atoms with Gasteiger partial charge in [0.25, 0.3) is 5.91 Å². The largest absolute Gasteiger partial charge is 0.385 e. The zero-order valence-corrected chi connectivity index (χ0v) is 19.8. The number of carbonyl (C=O) groups is 1. The third-order valence-electron chi connectivity index (χ3n) is 6.90. The minimum absolute atomic E-state index is 0.0302. The zero-order valence-electron chi connectivity index (χ0n) is 19.8. The smallest absolute Gasteiger partial charge is 0.276 e. The standard InChI is InChI=1S/C26H38N4O2/c1-4-7-23-16-25(28-32-23)26(31)29-17-20-8-5-6-9-24(20)27-14-12-21-10-11-22(18-29)30(21)15-13-19(2)3/h5-6,8-9,16,19,21-22,27H,4,7,10-15,17-18H2,1-3H3/t21-,22+/m1/s1. The number of amides is 1. The highest BCUT2D eigenvalue weighted by molar-refractivity contribution is 5.92. The van der Waals surface area contributed by atoms with Crippen LogP contribution in [0.3, 0.4) is 0 Å². The summed E-state index contributed by atoms with van der Waals surface area (Å²) >= 11 is 0. The van der Waals surface area contributed by atoms with Gasteiger partial charge in [0, 0.05) is 49.9 Å². The summed E-state index contributed by atoms with van der Waals surface area (Å²) in [7, 11) is 0. The lowest BCUT2D eigenvalue weighted by Gasteiger charge is -2.34. The number of nitrogens with one attached hydrogen (secondary N) is 1. The molecule has 1 aromatic heterocycles. The molecule has 6 heteroatoms. The Morgan fingerprint density at radius 1 is 1.22 bits per heavy atom. The third-order valence-corrected chi connectivity index (χ3v) is 6.90. The number of nitrogens with zero attached hydrogens (tertiary/aromatic N) is 3. The van der Waals surface area contributed by atoms with E-state index in [9.17, 15) is 4.79 Å². The van der Waals surface area contributed by atoms with Crippen LogP contribution in [-0.2, 0) is 13.0 Å². The topological polar surface area (TPSA) is 61.6 Å². The maximum absolute atomic E-state index is 13.6. The first-order valence-corrected chi connectivity index (χ1v) is 12.4. The molecule has 1 aromatic carbocycles. The van der Waals surface area contributed by atoms with E-state index in [-0.39, 0.29) is 5.91 Å². The summed E-state index contributed by atoms with van der Waals surface area (Å²) in [4.78, 5) is 18.3. The van der Waals surface area contributed by atoms with Crippen LogP contribution in [0.5, 0.6) is 0 Å². The first kappa shape index (κ1) is 22.8. The van der Waals surface area contributed by atoms with E-state index < -0.39 is 0 Å². The van der Waals surface area contributed by atoms with Gasteiger partial charge >= 0.3 is 0 Å². The molecule has 0 spiro atoms. The van der Waals surface area contributed by atoms with Gasteiger partial charge in [-0.2, -0.15) is 0 Å². The van der Waals surface area contributed by atoms with Gasteiger partial charge in [-0.05, 0) is 56.2 Å². The summed E-state index contributed by atoms with van der Waals surface area (Å²) in [6.07, 6.45) is 6.46. The summed E-state index contributed by atoms with van der Waals surface area (Å²) in [6, 6.07) is 11.2. The molecule has 6 nitrogen and oxygen atoms in total. The Kier molecular flexibility index (Phi) is 7.51. The summed E-state index contributed by atoms with van der Waals surface area (Å²) in [6.45, 7) is 10.1. The van der Waals surface area contributed by atoms with Gasteiger partial charge in [0.05, 0.1) is 0 Å². The van der Waals surface area contributed by atoms with E-state index in [1.165, 1.54) is 12.8 Å². The van der Waals surface area contributed by atoms with Crippen molar-refractivity contribution in [3.8, 4) is 0 Å². The third kappa shape index (κ3) is 5.34. The van der Waals surface area contributed by atoms with Crippen LogP contribution >= 0.6 is 0 Å². The van der Waals surface area contributed by atoms with E-state index in [4.69, 9.17) is 4.52 Å². The summed E-state index contributed by atoms with van der Waals surface area (Å²) in [5.74, 6) is 1.44. The maximum atomic E-state index is 13.6. The van der Waals surface area contributed by atoms with Gasteiger partial charge in [-0.1, -0.05) is 44.1 Å². The Labute approximate surface area is 192 Å². The van der Waals surface area contributed by atoms with Crippen molar-refractivity contribution in [1.82, 2.24) is 15.0 Å². The molecule has 0 aliphatic carbocycles. The Balaban J connectivity index is 1.62. The van der Waals surface area contributed by atoms with Crippen LogP contribution in [0.2, 0.25) is 0 Å². The Morgan fingerprint density at radius 2 is 2.03 bits per heavy atom. The van der Waals surface area contributed by atoms with E-state index in [2.05, 4.69) is 60.4 Å². The zero-order chi connectivity index (χ0) is 22.5. The van der Waals surface area contributed by atoms with Crippen LogP contribution in [-0.4, -0.2) is 52.6 Å². The molecule has 2 aliphatic heterocycles. The molecule has 0 saturated carbocycles. The number of rotatable bonds is 6. The van der Waals surface area contributed by atoms with Crippen molar-refractivity contribution in [2.24, 2.45) is 5.92 Å². The lowest BCUT2D eigenvalue weighted by atomic mass is 10.1. The number of para-hydroxylation sites is 1. The SMILES string of the molecule is CCCc1cc(C(=O)N2Cc3ccccc3NCC[C@H]3CC[C@@H](C2)N3CCC(C)C)no1. The van der Waals surface area contributed by atoms with Gasteiger partial charge < -0.3 is 14.7 Å². The number of hydrogen-bond donors (Lipinski definition) is 1. The van der Waals surface area contributed by atoms with Crippen molar-refractivity contribution in [3.63, 3.8) is 0 Å². The highest BCUT2D eigenvalue weighted by Gasteiger charge is 2.36. The van der Waals surface area contributed by atoms with Crippen LogP contribution in [0.1, 0.15) is 74.7 Å². The molecule has 3 heterocycles. The molecule has 32 heavy (non-hydrogen) atoms. The quantitative estimate of drug-likeness (QED) is 0.690. The molecule has 174 valence electrons. The summed E-state index contributed by atoms with van der Waals surface area (Å²) in [5, 5.41) is 7.78. The minimum Gasteiger partial charge on any atom is -0.385 e. The van der Waals surface area contributed by atoms with Gasteiger partial charge in [0.2, 0.25) is 0 Å². The van der Waals surface area contributed by atoms with Crippen molar-refractivity contribution in [1.29, 1.82) is 0 Å². The molecule has 4 rings (SSSR count). The Bertz CT molecular complexity index is 893. The van der Waals surface area contributed by atoms with Crippen molar-refractivity contribution < 1.29 is 9.32 Å². The average molecular weight is 439 g/mol. The highest BCUT2D eigenvalue weighted by atomic mass is 16.5. The molecule has 2 atom stereocenters. The van der Waals surface area contributed by atoms with Crippen LogP contribution in [0.15, 0.2) is 34.9 Å². The Morgan fingerprint density at radius 3 is 2.84 bits per heavy atom. The molecule has 0 radical (unpaired) electrons. The number of fused-ring (bicyclic) bond motifs is 3. The van der Waals surface area contributed by atoms with E-state index in [0.717, 1.165) is 62.3 Å². The molecule has 1 saturated heterocycles. The van der Waals surface area contributed by atoms with Gasteiger partial charge in [-0.3, -0.25) is 9.69 Å². The second-order valence-corrected chi connectivity index (χ2v) is 9.79. The number of anilines is 1. The molecule has 1 amide bonds. The van der Waals surface area contributed by atoms with Crippen LogP contribution in [0, 0.1) is 5.92 Å². The molecule has 1 N–H and O–H groups in total. The molecule has 2 aliphatic rings. The predicted molar refractivity (Wildman–Crippen MR) is 128 cm³/mol. The predicted octanol–water partition coefficient (Wildman–Crippen LogP) is 4.96. The van der Waals surface area contributed by atoms with Gasteiger partial charge in [-0.25, -0.2) is 0 Å². The number of aromatic nitrogens is 1. The molecule has 0 unspecified atom stereocenters. The van der Waals surface area contributed by atoms with Gasteiger partial charge in [-0.15, -0.1) is 0 Å². The Hall–Kier alpha value is -2.34. The fraction of sp³-hybridized carbons (Fsp3) is 0.615. The normalized spacial score (nSPS) is 21.8. The van der Waals surface area contributed by atoms with E-state index >= 15 is 0 Å². The van der Waals surface area contributed by atoms with Crippen molar-refractivity contribution >= 4 is 11.6 Å². The lowest BCUT2D eigenvalue weighted by Crippen LogP contribution is -2.45. The lowest BCUT2D eigenvalue weighted by molar-refractivity contribution is 0.0656. The second kappa shape index (κ2) is 10.5. The minimum atomic E-state index is -0.0302. The van der Waals surface area contributed by atoms with Crippen molar-refractivity contribution in [3.05, 3.63) is 47.3 Å². The molecular weight excluding hydrogens is 400 g/mol. The fourth-order valence-electron chi connectivity index (χ4n) is 5.12. The van der Waals surface area contributed by atoms with Crippen LogP contribution in [0.25, 0.3) is 0 Å². The first-order valence-electron chi connectivity index (χ1n) is 12.4. The first-order chi connectivity index (χ1) is 15.5. The van der Waals surface area contributed by atoms with Crippen molar-refractivity contribution in [2.45, 2.75) is 77.9 Å². The van der Waals surface area contributed by atoms with Crippen LogP contribution in [0.4, 0.5) is 5.69 Å². The van der Waals surface area contributed by atoms with Gasteiger partial charge in [0.1, 0.15) is 5.76 Å². The van der Waals surface area contributed by atoms with Crippen molar-refractivity contribution in [2.75, 3.05) is 25.0 Å². The van der Waals surface area contributed by atoms with Gasteiger partial charge in [0.15, 0.2) is 5.69 Å². The monoisotopic (exact) mass is 438 g/mol. The number of aryl methyl sites for hydroxylation is 1. The molecular formula is C26H38N4O2. The van der Waals surface area contributed by atoms with E-state index in [1.807, 2.05) is 11.0 Å². The summed E-state index contributed by atoms with van der Waals surface area (Å²) in [5.41, 5.74) is 2.71. The number of carbonyl (C=O) groups excluding carboxylic acids is 1. The average Bonchev–Trinajstić information content (AvgIpc) is 3.38. The second-order valence-electron chi connectivity index (χ2n) is 9.79. The fourth-order valence-corrected chi connectivity index (χ4v) is 5.12. The van der Waals surface area contributed by atoms with E-state index in [1.54, 1.807) is 0 Å². The van der Waals surface area contributed by atoms with Crippen LogP contribution < -0.4 is 5.32 Å². The maximum Gasteiger partial charge on any atom is 0.276 e. The highest BCUT2D eigenvalue weighted by Crippen LogP contribution is 2.30. The molecule has 1 fully saturated rings. The summed E-state index contributed by atoms with van der Waals surface area (Å²) < 4.78 is 5.43. The number of hydrogen-bond acceptors (Lipinski definition) is 5. The molecule has 2 bridgehead atoms. The van der Waals surface area contributed by atoms with E-state index in [0.29, 0.717) is 30.2 Å². The number of benzene rings is 1.